The molecule has 2 rings (SSSR count). The molecule has 8 heteroatoms. The number of nitrogens with zero attached hydrogens (tertiary/aromatic N) is 1. The first-order valence-electron chi connectivity index (χ1n) is 8.22. The Kier molecular flexibility index (Phi) is 6.63. The summed E-state index contributed by atoms with van der Waals surface area (Å²) < 4.78 is 27.5. The summed E-state index contributed by atoms with van der Waals surface area (Å²) in [5.41, 5.74) is 0.944. The van der Waals surface area contributed by atoms with Crippen LogP contribution in [0, 0.1) is 0 Å². The average molecular weight is 397 g/mol. The smallest absolute Gasteiger partial charge is 0.279 e. The van der Waals surface area contributed by atoms with Gasteiger partial charge in [0, 0.05) is 12.2 Å². The second-order valence-electron chi connectivity index (χ2n) is 6.08. The number of amides is 1. The zero-order chi connectivity index (χ0) is 19.3. The molecular weight excluding hydrogens is 374 g/mol. The zero-order valence-electron chi connectivity index (χ0n) is 15.0. The molecule has 0 aliphatic rings. The summed E-state index contributed by atoms with van der Waals surface area (Å²) in [7, 11) is -0.156. The van der Waals surface area contributed by atoms with Gasteiger partial charge >= 0.3 is 0 Å². The van der Waals surface area contributed by atoms with Crippen LogP contribution in [-0.4, -0.2) is 41.5 Å². The first kappa shape index (κ1) is 20.2. The molecule has 140 valence electrons. The molecule has 0 spiro atoms. The third-order valence-corrected chi connectivity index (χ3v) is 6.01. The highest BCUT2D eigenvalue weighted by atomic mass is 35.5. The van der Waals surface area contributed by atoms with Gasteiger partial charge in [-0.1, -0.05) is 29.8 Å². The molecule has 2 aromatic carbocycles. The van der Waals surface area contributed by atoms with Crippen molar-refractivity contribution in [3.05, 3.63) is 53.6 Å². The summed E-state index contributed by atoms with van der Waals surface area (Å²) in [4.78, 5) is 12.9. The van der Waals surface area contributed by atoms with Gasteiger partial charge in [0.15, 0.2) is 6.54 Å². The van der Waals surface area contributed by atoms with E-state index in [1.807, 2.05) is 20.2 Å². The van der Waals surface area contributed by atoms with E-state index in [9.17, 15) is 13.2 Å². The minimum Gasteiger partial charge on any atom is -0.332 e. The Bertz CT molecular complexity index is 871. The van der Waals surface area contributed by atoms with Crippen LogP contribution in [-0.2, 0) is 14.8 Å². The van der Waals surface area contributed by atoms with Gasteiger partial charge in [0.05, 0.1) is 24.8 Å². The van der Waals surface area contributed by atoms with E-state index in [1.165, 1.54) is 16.4 Å². The van der Waals surface area contributed by atoms with Gasteiger partial charge in [0.2, 0.25) is 0 Å². The van der Waals surface area contributed by atoms with Crippen LogP contribution in [0.4, 0.5) is 11.4 Å². The summed E-state index contributed by atoms with van der Waals surface area (Å²) in [5, 5.41) is 2.82. The Morgan fingerprint density at radius 2 is 1.81 bits per heavy atom. The lowest BCUT2D eigenvalue weighted by Gasteiger charge is -2.23. The van der Waals surface area contributed by atoms with Gasteiger partial charge in [0.1, 0.15) is 4.90 Å². The first-order valence-corrected chi connectivity index (χ1v) is 10.0. The molecule has 0 saturated carbocycles. The van der Waals surface area contributed by atoms with Crippen molar-refractivity contribution in [1.29, 1.82) is 0 Å². The molecular formula is C18H23ClN3O3S+. The van der Waals surface area contributed by atoms with Gasteiger partial charge in [-0.05, 0) is 37.3 Å². The highest BCUT2D eigenvalue weighted by Gasteiger charge is 2.26. The van der Waals surface area contributed by atoms with E-state index >= 15 is 0 Å². The number of carbonyl (C=O) groups is 1. The fraction of sp³-hybridized carbons (Fsp3) is 0.278. The summed E-state index contributed by atoms with van der Waals surface area (Å²) in [5.74, 6) is -0.203. The van der Waals surface area contributed by atoms with Gasteiger partial charge in [-0.25, -0.2) is 8.42 Å². The SMILES string of the molecule is CCN(c1ccccc1)S(=O)(=O)c1cc(NC(=O)C[NH+](C)C)ccc1Cl. The van der Waals surface area contributed by atoms with Crippen molar-refractivity contribution in [3.8, 4) is 0 Å². The lowest BCUT2D eigenvalue weighted by molar-refractivity contribution is -0.849. The molecule has 26 heavy (non-hydrogen) atoms. The monoisotopic (exact) mass is 396 g/mol. The Labute approximate surface area is 159 Å². The highest BCUT2D eigenvalue weighted by molar-refractivity contribution is 7.93. The van der Waals surface area contributed by atoms with E-state index in [1.54, 1.807) is 37.3 Å². The largest absolute Gasteiger partial charge is 0.332 e. The molecule has 2 N–H and O–H groups in total. The number of sulfonamides is 1. The number of rotatable bonds is 7. The van der Waals surface area contributed by atoms with Crippen molar-refractivity contribution < 1.29 is 18.1 Å². The van der Waals surface area contributed by atoms with Crippen LogP contribution in [0.5, 0.6) is 0 Å². The second-order valence-corrected chi connectivity index (χ2v) is 8.32. The highest BCUT2D eigenvalue weighted by Crippen LogP contribution is 2.30. The van der Waals surface area contributed by atoms with Crippen molar-refractivity contribution in [2.45, 2.75) is 11.8 Å². The van der Waals surface area contributed by atoms with Crippen LogP contribution in [0.15, 0.2) is 53.4 Å². The molecule has 0 radical (unpaired) electrons. The lowest BCUT2D eigenvalue weighted by atomic mass is 10.3. The number of quaternary nitrogens is 1. The third kappa shape index (κ3) is 4.75. The Balaban J connectivity index is 2.39. The van der Waals surface area contributed by atoms with Gasteiger partial charge in [-0.3, -0.25) is 9.10 Å². The minimum atomic E-state index is -3.87. The Hall–Kier alpha value is -2.09. The molecule has 0 atom stereocenters. The second kappa shape index (κ2) is 8.53. The van der Waals surface area contributed by atoms with Gasteiger partial charge in [-0.2, -0.15) is 0 Å². The molecule has 0 bridgehead atoms. The quantitative estimate of drug-likeness (QED) is 0.747. The number of carbonyl (C=O) groups excluding carboxylic acids is 1. The molecule has 2 aromatic rings. The molecule has 0 heterocycles. The van der Waals surface area contributed by atoms with E-state index < -0.39 is 10.0 Å². The average Bonchev–Trinajstić information content (AvgIpc) is 2.57. The first-order chi connectivity index (χ1) is 12.3. The van der Waals surface area contributed by atoms with Crippen LogP contribution in [0.25, 0.3) is 0 Å². The lowest BCUT2D eigenvalue weighted by Crippen LogP contribution is -3.06. The molecule has 0 aromatic heterocycles. The van der Waals surface area contributed by atoms with E-state index in [-0.39, 0.29) is 28.9 Å². The predicted molar refractivity (Wildman–Crippen MR) is 104 cm³/mol. The fourth-order valence-corrected chi connectivity index (χ4v) is 4.49. The van der Waals surface area contributed by atoms with Crippen molar-refractivity contribution in [2.24, 2.45) is 0 Å². The maximum Gasteiger partial charge on any atom is 0.279 e. The van der Waals surface area contributed by atoms with E-state index in [0.29, 0.717) is 11.4 Å². The summed E-state index contributed by atoms with van der Waals surface area (Å²) >= 11 is 6.17. The van der Waals surface area contributed by atoms with Crippen LogP contribution >= 0.6 is 11.6 Å². The number of para-hydroxylation sites is 1. The predicted octanol–water partition coefficient (Wildman–Crippen LogP) is 1.64. The van der Waals surface area contributed by atoms with Crippen molar-refractivity contribution in [1.82, 2.24) is 0 Å². The molecule has 0 saturated heterocycles. The van der Waals surface area contributed by atoms with Crippen molar-refractivity contribution in [2.75, 3.05) is 36.8 Å². The number of likely N-dealkylation sites (N-methyl/N-ethyl adjacent to an activating group) is 1. The fourth-order valence-electron chi connectivity index (χ4n) is 2.51. The minimum absolute atomic E-state index is 0.0418. The number of hydrogen-bond donors (Lipinski definition) is 2. The number of hydrogen-bond acceptors (Lipinski definition) is 3. The Morgan fingerprint density at radius 3 is 2.38 bits per heavy atom. The van der Waals surface area contributed by atoms with Gasteiger partial charge < -0.3 is 10.2 Å². The summed E-state index contributed by atoms with van der Waals surface area (Å²) in [6.07, 6.45) is 0. The Morgan fingerprint density at radius 1 is 1.15 bits per heavy atom. The topological polar surface area (TPSA) is 70.9 Å². The van der Waals surface area contributed by atoms with E-state index in [0.717, 1.165) is 4.90 Å². The molecule has 1 amide bonds. The van der Waals surface area contributed by atoms with Crippen molar-refractivity contribution >= 4 is 38.9 Å². The maximum absolute atomic E-state index is 13.1. The molecule has 0 aliphatic heterocycles. The number of nitrogens with one attached hydrogen (secondary N) is 2. The zero-order valence-corrected chi connectivity index (χ0v) is 16.6. The number of benzene rings is 2. The van der Waals surface area contributed by atoms with Crippen LogP contribution in [0.1, 0.15) is 6.92 Å². The number of anilines is 2. The van der Waals surface area contributed by atoms with Gasteiger partial charge in [0.25, 0.3) is 15.9 Å². The molecule has 0 aliphatic carbocycles. The van der Waals surface area contributed by atoms with Crippen LogP contribution < -0.4 is 14.5 Å². The van der Waals surface area contributed by atoms with Crippen LogP contribution in [0.3, 0.4) is 0 Å². The third-order valence-electron chi connectivity index (χ3n) is 3.63. The normalized spacial score (nSPS) is 11.4. The van der Waals surface area contributed by atoms with Crippen LogP contribution in [0.2, 0.25) is 5.02 Å². The van der Waals surface area contributed by atoms with Gasteiger partial charge in [-0.15, -0.1) is 0 Å². The summed E-state index contributed by atoms with van der Waals surface area (Å²) in [6.45, 7) is 2.28. The summed E-state index contributed by atoms with van der Waals surface area (Å²) in [6, 6.07) is 13.3. The molecule has 6 nitrogen and oxygen atoms in total. The number of halogens is 1. The molecule has 0 fully saturated rings. The van der Waals surface area contributed by atoms with E-state index in [4.69, 9.17) is 11.6 Å². The standard InChI is InChI=1S/C18H22ClN3O3S/c1-4-22(15-8-6-5-7-9-15)26(24,25)17-12-14(10-11-16(17)19)20-18(23)13-21(2)3/h5-12H,4,13H2,1-3H3,(H,20,23)/p+1. The maximum atomic E-state index is 13.1. The molecule has 0 unspecified atom stereocenters. The van der Waals surface area contributed by atoms with E-state index in [2.05, 4.69) is 5.32 Å². The van der Waals surface area contributed by atoms with Crippen molar-refractivity contribution in [3.63, 3.8) is 0 Å².